The minimum absolute atomic E-state index is 0.481. The summed E-state index contributed by atoms with van der Waals surface area (Å²) in [6.45, 7) is 5.77. The third-order valence-electron chi connectivity index (χ3n) is 2.35. The first-order valence-corrected chi connectivity index (χ1v) is 4.67. The van der Waals surface area contributed by atoms with Gasteiger partial charge >= 0.3 is 0 Å². The van der Waals surface area contributed by atoms with E-state index >= 15 is 0 Å². The molecule has 0 aromatic heterocycles. The number of allylic oxidation sites excluding steroid dienone is 1. The zero-order valence-electron chi connectivity index (χ0n) is 8.05. The van der Waals surface area contributed by atoms with Crippen molar-refractivity contribution in [2.45, 2.75) is 32.8 Å². The summed E-state index contributed by atoms with van der Waals surface area (Å²) in [4.78, 5) is 0. The summed E-state index contributed by atoms with van der Waals surface area (Å²) >= 11 is 0. The Labute approximate surface area is 74.8 Å². The van der Waals surface area contributed by atoms with Crippen LogP contribution < -0.4 is 5.73 Å². The number of hydrogen-bond acceptors (Lipinski definition) is 2. The third-order valence-corrected chi connectivity index (χ3v) is 2.35. The smallest absolute Gasteiger partial charge is 0.0653 e. The first-order valence-electron chi connectivity index (χ1n) is 4.67. The number of nitrogens with two attached hydrogens (primary N) is 1. The van der Waals surface area contributed by atoms with Crippen molar-refractivity contribution in [3.63, 3.8) is 0 Å². The molecule has 0 saturated heterocycles. The topological polar surface area (TPSA) is 35.2 Å². The molecule has 0 atom stereocenters. The van der Waals surface area contributed by atoms with E-state index in [-0.39, 0.29) is 0 Å². The Morgan fingerprint density at radius 2 is 2.17 bits per heavy atom. The standard InChI is InChI=1S/C10H19NO/c1-8(2)3-4-12-10-5-9(6-10)7-11/h3,9-10H,4-7,11H2,1-2H3. The van der Waals surface area contributed by atoms with Crippen molar-refractivity contribution in [2.75, 3.05) is 13.2 Å². The second-order valence-corrected chi connectivity index (χ2v) is 3.81. The van der Waals surface area contributed by atoms with Gasteiger partial charge < -0.3 is 10.5 Å². The maximum absolute atomic E-state index is 5.59. The zero-order valence-corrected chi connectivity index (χ0v) is 8.05. The lowest BCUT2D eigenvalue weighted by atomic mass is 9.82. The van der Waals surface area contributed by atoms with Crippen molar-refractivity contribution in [1.82, 2.24) is 0 Å². The molecule has 2 heteroatoms. The molecule has 0 unspecified atom stereocenters. The van der Waals surface area contributed by atoms with Crippen LogP contribution in [0.2, 0.25) is 0 Å². The van der Waals surface area contributed by atoms with Crippen LogP contribution >= 0.6 is 0 Å². The van der Waals surface area contributed by atoms with Gasteiger partial charge in [0.05, 0.1) is 12.7 Å². The van der Waals surface area contributed by atoms with Crippen molar-refractivity contribution in [3.8, 4) is 0 Å². The van der Waals surface area contributed by atoms with Gasteiger partial charge in [0.25, 0.3) is 0 Å². The molecule has 1 saturated carbocycles. The van der Waals surface area contributed by atoms with Gasteiger partial charge in [-0.05, 0) is 39.2 Å². The average molecular weight is 169 g/mol. The summed E-state index contributed by atoms with van der Waals surface area (Å²) < 4.78 is 5.59. The molecule has 0 aromatic rings. The molecule has 1 aliphatic rings. The van der Waals surface area contributed by atoms with Crippen molar-refractivity contribution >= 4 is 0 Å². The van der Waals surface area contributed by atoms with E-state index in [0.29, 0.717) is 6.10 Å². The molecule has 1 aliphatic carbocycles. The predicted octanol–water partition coefficient (Wildman–Crippen LogP) is 1.71. The van der Waals surface area contributed by atoms with Crippen molar-refractivity contribution in [3.05, 3.63) is 11.6 Å². The molecule has 12 heavy (non-hydrogen) atoms. The van der Waals surface area contributed by atoms with Crippen molar-refractivity contribution < 1.29 is 4.74 Å². The van der Waals surface area contributed by atoms with E-state index < -0.39 is 0 Å². The van der Waals surface area contributed by atoms with Crippen LogP contribution in [-0.4, -0.2) is 19.3 Å². The first kappa shape index (κ1) is 9.75. The molecular weight excluding hydrogens is 150 g/mol. The van der Waals surface area contributed by atoms with E-state index in [2.05, 4.69) is 19.9 Å². The lowest BCUT2D eigenvalue weighted by Gasteiger charge is -2.33. The van der Waals surface area contributed by atoms with Crippen LogP contribution in [0.25, 0.3) is 0 Å². The largest absolute Gasteiger partial charge is 0.374 e. The van der Waals surface area contributed by atoms with Crippen LogP contribution in [-0.2, 0) is 4.74 Å². The molecule has 0 aromatic carbocycles. The quantitative estimate of drug-likeness (QED) is 0.650. The van der Waals surface area contributed by atoms with Gasteiger partial charge in [-0.1, -0.05) is 11.6 Å². The molecular formula is C10H19NO. The molecule has 0 heterocycles. The Kier molecular flexibility index (Phi) is 3.76. The van der Waals surface area contributed by atoms with Gasteiger partial charge in [-0.25, -0.2) is 0 Å². The molecule has 1 rings (SSSR count). The molecule has 0 amide bonds. The zero-order chi connectivity index (χ0) is 8.97. The van der Waals surface area contributed by atoms with Crippen LogP contribution in [0.4, 0.5) is 0 Å². The SMILES string of the molecule is CC(C)=CCOC1CC(CN)C1. The second kappa shape index (κ2) is 4.63. The van der Waals surface area contributed by atoms with Crippen LogP contribution in [0, 0.1) is 5.92 Å². The fraction of sp³-hybridized carbons (Fsp3) is 0.800. The molecule has 1 fully saturated rings. The number of ether oxygens (including phenoxy) is 1. The minimum Gasteiger partial charge on any atom is -0.374 e. The van der Waals surface area contributed by atoms with Gasteiger partial charge in [0.1, 0.15) is 0 Å². The first-order chi connectivity index (χ1) is 5.72. The predicted molar refractivity (Wildman–Crippen MR) is 50.9 cm³/mol. The van der Waals surface area contributed by atoms with Crippen LogP contribution in [0.5, 0.6) is 0 Å². The molecule has 2 nitrogen and oxygen atoms in total. The Morgan fingerprint density at radius 3 is 2.67 bits per heavy atom. The maximum atomic E-state index is 5.59. The number of hydrogen-bond donors (Lipinski definition) is 1. The van der Waals surface area contributed by atoms with Crippen LogP contribution in [0.1, 0.15) is 26.7 Å². The molecule has 0 aliphatic heterocycles. The van der Waals surface area contributed by atoms with E-state index in [1.54, 1.807) is 0 Å². The fourth-order valence-electron chi connectivity index (χ4n) is 1.35. The highest BCUT2D eigenvalue weighted by molar-refractivity contribution is 4.93. The Morgan fingerprint density at radius 1 is 1.50 bits per heavy atom. The van der Waals surface area contributed by atoms with Gasteiger partial charge in [0, 0.05) is 0 Å². The summed E-state index contributed by atoms with van der Waals surface area (Å²) in [7, 11) is 0. The summed E-state index contributed by atoms with van der Waals surface area (Å²) in [5.41, 5.74) is 6.83. The minimum atomic E-state index is 0.481. The summed E-state index contributed by atoms with van der Waals surface area (Å²) in [6.07, 6.45) is 4.92. The summed E-state index contributed by atoms with van der Waals surface area (Å²) in [5, 5.41) is 0. The molecule has 0 bridgehead atoms. The molecule has 0 radical (unpaired) electrons. The van der Waals surface area contributed by atoms with Crippen molar-refractivity contribution in [1.29, 1.82) is 0 Å². The van der Waals surface area contributed by atoms with E-state index in [9.17, 15) is 0 Å². The lowest BCUT2D eigenvalue weighted by molar-refractivity contribution is -0.0144. The Hall–Kier alpha value is -0.340. The fourth-order valence-corrected chi connectivity index (χ4v) is 1.35. The average Bonchev–Trinajstić information content (AvgIpc) is 1.93. The summed E-state index contributed by atoms with van der Waals surface area (Å²) in [5.74, 6) is 0.724. The monoisotopic (exact) mass is 169 g/mol. The third kappa shape index (κ3) is 2.95. The maximum Gasteiger partial charge on any atom is 0.0653 e. The Balaban J connectivity index is 2.00. The molecule has 0 spiro atoms. The van der Waals surface area contributed by atoms with Gasteiger partial charge in [-0.3, -0.25) is 0 Å². The lowest BCUT2D eigenvalue weighted by Crippen LogP contribution is -2.35. The second-order valence-electron chi connectivity index (χ2n) is 3.81. The molecule has 2 N–H and O–H groups in total. The number of rotatable bonds is 4. The van der Waals surface area contributed by atoms with E-state index in [1.165, 1.54) is 5.57 Å². The van der Waals surface area contributed by atoms with Gasteiger partial charge in [-0.2, -0.15) is 0 Å². The normalized spacial score (nSPS) is 27.9. The van der Waals surface area contributed by atoms with E-state index in [0.717, 1.165) is 31.9 Å². The van der Waals surface area contributed by atoms with E-state index in [1.807, 2.05) is 0 Å². The highest BCUT2D eigenvalue weighted by atomic mass is 16.5. The highest BCUT2D eigenvalue weighted by Crippen LogP contribution is 2.28. The Bertz CT molecular complexity index is 155. The van der Waals surface area contributed by atoms with E-state index in [4.69, 9.17) is 10.5 Å². The van der Waals surface area contributed by atoms with Gasteiger partial charge in [0.2, 0.25) is 0 Å². The van der Waals surface area contributed by atoms with Crippen LogP contribution in [0.15, 0.2) is 11.6 Å². The van der Waals surface area contributed by atoms with Crippen LogP contribution in [0.3, 0.4) is 0 Å². The molecule has 70 valence electrons. The van der Waals surface area contributed by atoms with Gasteiger partial charge in [0.15, 0.2) is 0 Å². The summed E-state index contributed by atoms with van der Waals surface area (Å²) in [6, 6.07) is 0. The van der Waals surface area contributed by atoms with Crippen molar-refractivity contribution in [2.24, 2.45) is 11.7 Å². The van der Waals surface area contributed by atoms with Gasteiger partial charge in [-0.15, -0.1) is 0 Å². The highest BCUT2D eigenvalue weighted by Gasteiger charge is 2.27.